The third kappa shape index (κ3) is 3.22. The molecule has 4 heteroatoms. The van der Waals surface area contributed by atoms with Crippen LogP contribution in [0.25, 0.3) is 0 Å². The molecule has 1 unspecified atom stereocenters. The van der Waals surface area contributed by atoms with E-state index in [9.17, 15) is 9.59 Å². The lowest BCUT2D eigenvalue weighted by Gasteiger charge is -2.34. The summed E-state index contributed by atoms with van der Waals surface area (Å²) in [5, 5.41) is 2.75. The summed E-state index contributed by atoms with van der Waals surface area (Å²) in [6.45, 7) is 9.05. The summed E-state index contributed by atoms with van der Waals surface area (Å²) in [4.78, 5) is 25.0. The van der Waals surface area contributed by atoms with Crippen LogP contribution in [-0.2, 0) is 9.59 Å². The first-order valence-corrected chi connectivity index (χ1v) is 5.38. The molecule has 1 aliphatic heterocycles. The van der Waals surface area contributed by atoms with Gasteiger partial charge in [0.15, 0.2) is 0 Å². The first kappa shape index (κ1) is 12.0. The SMILES string of the molecule is CC1C(=O)NCCN1C(=O)CC(C)(C)C. The quantitative estimate of drug-likeness (QED) is 0.698. The zero-order chi connectivity index (χ0) is 11.6. The Kier molecular flexibility index (Phi) is 3.37. The number of carbonyl (C=O) groups excluding carboxylic acids is 2. The molecule has 1 saturated heterocycles. The summed E-state index contributed by atoms with van der Waals surface area (Å²) in [5.74, 6) is 0.0216. The lowest BCUT2D eigenvalue weighted by molar-refractivity contribution is -0.143. The average Bonchev–Trinajstić information content (AvgIpc) is 2.06. The molecule has 0 aromatic rings. The predicted octanol–water partition coefficient (Wildman–Crippen LogP) is 0.769. The summed E-state index contributed by atoms with van der Waals surface area (Å²) >= 11 is 0. The topological polar surface area (TPSA) is 49.4 Å². The summed E-state index contributed by atoms with van der Waals surface area (Å²) in [7, 11) is 0. The fourth-order valence-electron chi connectivity index (χ4n) is 1.68. The zero-order valence-electron chi connectivity index (χ0n) is 9.96. The van der Waals surface area contributed by atoms with Crippen molar-refractivity contribution in [3.05, 3.63) is 0 Å². The third-order valence-electron chi connectivity index (χ3n) is 2.50. The second kappa shape index (κ2) is 4.21. The van der Waals surface area contributed by atoms with E-state index >= 15 is 0 Å². The minimum absolute atomic E-state index is 0.0231. The highest BCUT2D eigenvalue weighted by molar-refractivity contribution is 5.88. The van der Waals surface area contributed by atoms with Crippen molar-refractivity contribution in [1.29, 1.82) is 0 Å². The number of amides is 2. The third-order valence-corrected chi connectivity index (χ3v) is 2.50. The Morgan fingerprint density at radius 1 is 1.53 bits per heavy atom. The van der Waals surface area contributed by atoms with Crippen molar-refractivity contribution in [3.8, 4) is 0 Å². The van der Waals surface area contributed by atoms with Crippen LogP contribution in [-0.4, -0.2) is 35.8 Å². The van der Waals surface area contributed by atoms with Gasteiger partial charge >= 0.3 is 0 Å². The van der Waals surface area contributed by atoms with Gasteiger partial charge in [0, 0.05) is 19.5 Å². The maximum Gasteiger partial charge on any atom is 0.242 e. The van der Waals surface area contributed by atoms with Crippen molar-refractivity contribution in [2.45, 2.75) is 40.2 Å². The Balaban J connectivity index is 2.63. The number of piperazine rings is 1. The maximum absolute atomic E-state index is 11.9. The molecular weight excluding hydrogens is 192 g/mol. The first-order valence-electron chi connectivity index (χ1n) is 5.38. The van der Waals surface area contributed by atoms with Gasteiger partial charge in [0.25, 0.3) is 0 Å². The zero-order valence-corrected chi connectivity index (χ0v) is 9.96. The van der Waals surface area contributed by atoms with Gasteiger partial charge in [-0.25, -0.2) is 0 Å². The molecule has 0 aromatic carbocycles. The molecule has 0 spiro atoms. The predicted molar refractivity (Wildman–Crippen MR) is 58.3 cm³/mol. The normalized spacial score (nSPS) is 22.5. The van der Waals surface area contributed by atoms with Crippen molar-refractivity contribution in [1.82, 2.24) is 10.2 Å². The van der Waals surface area contributed by atoms with Crippen molar-refractivity contribution in [2.24, 2.45) is 5.41 Å². The molecule has 4 nitrogen and oxygen atoms in total. The lowest BCUT2D eigenvalue weighted by Crippen LogP contribution is -2.56. The van der Waals surface area contributed by atoms with Crippen LogP contribution in [0.5, 0.6) is 0 Å². The average molecular weight is 212 g/mol. The molecule has 86 valence electrons. The van der Waals surface area contributed by atoms with Gasteiger partial charge in [0.05, 0.1) is 0 Å². The van der Waals surface area contributed by atoms with E-state index in [1.165, 1.54) is 0 Å². The van der Waals surface area contributed by atoms with Crippen LogP contribution in [0.15, 0.2) is 0 Å². The fourth-order valence-corrected chi connectivity index (χ4v) is 1.68. The minimum atomic E-state index is -0.325. The molecule has 1 fully saturated rings. The number of hydrogen-bond donors (Lipinski definition) is 1. The molecule has 1 aliphatic rings. The second-order valence-electron chi connectivity index (χ2n) is 5.29. The largest absolute Gasteiger partial charge is 0.353 e. The van der Waals surface area contributed by atoms with Gasteiger partial charge < -0.3 is 10.2 Å². The van der Waals surface area contributed by atoms with Gasteiger partial charge in [-0.1, -0.05) is 20.8 Å². The van der Waals surface area contributed by atoms with Gasteiger partial charge in [0.1, 0.15) is 6.04 Å². The lowest BCUT2D eigenvalue weighted by atomic mass is 9.91. The first-order chi connectivity index (χ1) is 6.81. The Morgan fingerprint density at radius 3 is 2.67 bits per heavy atom. The number of nitrogens with zero attached hydrogens (tertiary/aromatic N) is 1. The smallest absolute Gasteiger partial charge is 0.242 e. The molecule has 0 aromatic heterocycles. The van der Waals surface area contributed by atoms with E-state index in [2.05, 4.69) is 5.32 Å². The van der Waals surface area contributed by atoms with E-state index in [-0.39, 0.29) is 23.3 Å². The van der Waals surface area contributed by atoms with Gasteiger partial charge in [-0.3, -0.25) is 9.59 Å². The van der Waals surface area contributed by atoms with Crippen LogP contribution in [0.4, 0.5) is 0 Å². The van der Waals surface area contributed by atoms with E-state index in [0.717, 1.165) is 0 Å². The molecule has 1 rings (SSSR count). The molecule has 15 heavy (non-hydrogen) atoms. The van der Waals surface area contributed by atoms with Crippen molar-refractivity contribution in [2.75, 3.05) is 13.1 Å². The van der Waals surface area contributed by atoms with Crippen LogP contribution in [0.2, 0.25) is 0 Å². The van der Waals surface area contributed by atoms with E-state index in [4.69, 9.17) is 0 Å². The van der Waals surface area contributed by atoms with Crippen LogP contribution in [0.3, 0.4) is 0 Å². The van der Waals surface area contributed by atoms with Crippen LogP contribution in [0, 0.1) is 5.41 Å². The number of hydrogen-bond acceptors (Lipinski definition) is 2. The monoisotopic (exact) mass is 212 g/mol. The van der Waals surface area contributed by atoms with Gasteiger partial charge in [0.2, 0.25) is 11.8 Å². The summed E-state index contributed by atoms with van der Waals surface area (Å²) < 4.78 is 0. The molecule has 0 radical (unpaired) electrons. The molecule has 0 aliphatic carbocycles. The molecule has 0 saturated carbocycles. The summed E-state index contributed by atoms with van der Waals surface area (Å²) in [6, 6.07) is -0.325. The Bertz CT molecular complexity index is 268. The Labute approximate surface area is 91.0 Å². The van der Waals surface area contributed by atoms with Crippen LogP contribution >= 0.6 is 0 Å². The Morgan fingerprint density at radius 2 is 2.13 bits per heavy atom. The molecule has 1 atom stereocenters. The van der Waals surface area contributed by atoms with E-state index in [1.54, 1.807) is 11.8 Å². The van der Waals surface area contributed by atoms with Gasteiger partial charge in [-0.05, 0) is 12.3 Å². The highest BCUT2D eigenvalue weighted by atomic mass is 16.2. The van der Waals surface area contributed by atoms with E-state index in [0.29, 0.717) is 19.5 Å². The van der Waals surface area contributed by atoms with Crippen molar-refractivity contribution >= 4 is 11.8 Å². The standard InChI is InChI=1S/C11H20N2O2/c1-8-10(15)12-5-6-13(8)9(14)7-11(2,3)4/h8H,5-7H2,1-4H3,(H,12,15). The van der Waals surface area contributed by atoms with Gasteiger partial charge in [-0.15, -0.1) is 0 Å². The second-order valence-corrected chi connectivity index (χ2v) is 5.29. The van der Waals surface area contributed by atoms with Crippen LogP contribution in [0.1, 0.15) is 34.1 Å². The fraction of sp³-hybridized carbons (Fsp3) is 0.818. The molecule has 2 amide bonds. The van der Waals surface area contributed by atoms with Crippen LogP contribution < -0.4 is 5.32 Å². The molecular formula is C11H20N2O2. The number of rotatable bonds is 1. The number of nitrogens with one attached hydrogen (secondary N) is 1. The highest BCUT2D eigenvalue weighted by Crippen LogP contribution is 2.21. The minimum Gasteiger partial charge on any atom is -0.353 e. The summed E-state index contributed by atoms with van der Waals surface area (Å²) in [5.41, 5.74) is -0.0231. The van der Waals surface area contributed by atoms with Crippen molar-refractivity contribution < 1.29 is 9.59 Å². The van der Waals surface area contributed by atoms with E-state index < -0.39 is 0 Å². The Hall–Kier alpha value is -1.06. The van der Waals surface area contributed by atoms with Crippen molar-refractivity contribution in [3.63, 3.8) is 0 Å². The summed E-state index contributed by atoms with van der Waals surface area (Å²) in [6.07, 6.45) is 0.491. The van der Waals surface area contributed by atoms with E-state index in [1.807, 2.05) is 20.8 Å². The van der Waals surface area contributed by atoms with Gasteiger partial charge in [-0.2, -0.15) is 0 Å². The molecule has 1 N–H and O–H groups in total. The molecule has 1 heterocycles. The maximum atomic E-state index is 11.9. The number of carbonyl (C=O) groups is 2. The highest BCUT2D eigenvalue weighted by Gasteiger charge is 2.30. The molecule has 0 bridgehead atoms.